The smallest absolute Gasteiger partial charge is 0.254 e. The predicted octanol–water partition coefficient (Wildman–Crippen LogP) is 2.63. The van der Waals surface area contributed by atoms with Gasteiger partial charge in [-0.3, -0.25) is 4.79 Å². The Labute approximate surface area is 173 Å². The van der Waals surface area contributed by atoms with Crippen LogP contribution in [0.4, 0.5) is 0 Å². The van der Waals surface area contributed by atoms with E-state index in [0.717, 1.165) is 35.9 Å². The highest BCUT2D eigenvalue weighted by Crippen LogP contribution is 2.22. The van der Waals surface area contributed by atoms with Crippen LogP contribution in [-0.4, -0.2) is 42.5 Å². The summed E-state index contributed by atoms with van der Waals surface area (Å²) in [4.78, 5) is 19.4. The molecule has 1 amide bonds. The lowest BCUT2D eigenvalue weighted by Gasteiger charge is -2.25. The first-order chi connectivity index (χ1) is 14.8. The molecule has 8 nitrogen and oxygen atoms in total. The Morgan fingerprint density at radius 1 is 1.03 bits per heavy atom. The minimum absolute atomic E-state index is 0.0160. The van der Waals surface area contributed by atoms with E-state index in [1.807, 2.05) is 35.2 Å². The molecule has 0 radical (unpaired) electrons. The summed E-state index contributed by atoms with van der Waals surface area (Å²) in [5, 5.41) is 11.1. The van der Waals surface area contributed by atoms with Crippen LogP contribution in [-0.2, 0) is 25.8 Å². The lowest BCUT2D eigenvalue weighted by molar-refractivity contribution is 0.0728. The molecule has 0 bridgehead atoms. The second-order valence-corrected chi connectivity index (χ2v) is 7.24. The summed E-state index contributed by atoms with van der Waals surface area (Å²) in [5.41, 5.74) is 3.55. The molecule has 150 valence electrons. The lowest BCUT2D eigenvalue weighted by Crippen LogP contribution is -2.35. The summed E-state index contributed by atoms with van der Waals surface area (Å²) in [7, 11) is 0. The number of fused-ring (bicyclic) bond motifs is 1. The van der Waals surface area contributed by atoms with Gasteiger partial charge in [0.15, 0.2) is 5.89 Å². The molecule has 0 aliphatic carbocycles. The van der Waals surface area contributed by atoms with Gasteiger partial charge in [0.25, 0.3) is 5.91 Å². The Balaban J connectivity index is 1.25. The topological polar surface area (TPSA) is 89.9 Å². The van der Waals surface area contributed by atoms with Crippen molar-refractivity contribution in [3.63, 3.8) is 0 Å². The molecule has 4 aromatic rings. The van der Waals surface area contributed by atoms with Gasteiger partial charge in [0, 0.05) is 24.9 Å². The van der Waals surface area contributed by atoms with Gasteiger partial charge in [0.1, 0.15) is 17.8 Å². The van der Waals surface area contributed by atoms with E-state index in [2.05, 4.69) is 32.6 Å². The molecule has 30 heavy (non-hydrogen) atoms. The standard InChI is InChI=1S/C22H20N6O2/c29-22(17-7-9-18(10-8-17)28-15-23-25-26-28)27-13-12-20-19(14-27)24-21(30-20)11-6-16-4-2-1-3-5-16/h1-5,7-10,15H,6,11-14H2. The molecular weight excluding hydrogens is 380 g/mol. The van der Waals surface area contributed by atoms with Crippen molar-refractivity contribution in [1.29, 1.82) is 0 Å². The number of oxazole rings is 1. The summed E-state index contributed by atoms with van der Waals surface area (Å²) in [6, 6.07) is 17.5. The molecule has 0 unspecified atom stereocenters. The molecule has 1 aliphatic heterocycles. The van der Waals surface area contributed by atoms with E-state index in [-0.39, 0.29) is 5.91 Å². The summed E-state index contributed by atoms with van der Waals surface area (Å²) in [5.74, 6) is 1.62. The van der Waals surface area contributed by atoms with E-state index in [1.54, 1.807) is 16.8 Å². The van der Waals surface area contributed by atoms with Gasteiger partial charge >= 0.3 is 0 Å². The summed E-state index contributed by atoms with van der Waals surface area (Å²) in [6.07, 6.45) is 3.84. The number of rotatable bonds is 5. The number of carbonyl (C=O) groups is 1. The second-order valence-electron chi connectivity index (χ2n) is 7.24. The van der Waals surface area contributed by atoms with Gasteiger partial charge in [-0.25, -0.2) is 9.67 Å². The average molecular weight is 400 g/mol. The number of nitrogens with zero attached hydrogens (tertiary/aromatic N) is 6. The first kappa shape index (κ1) is 18.2. The number of amides is 1. The third-order valence-electron chi connectivity index (χ3n) is 5.26. The largest absolute Gasteiger partial charge is 0.445 e. The molecule has 1 aliphatic rings. The molecule has 8 heteroatoms. The number of aryl methyl sites for hydroxylation is 2. The molecular formula is C22H20N6O2. The number of aromatic nitrogens is 5. The van der Waals surface area contributed by atoms with E-state index >= 15 is 0 Å². The first-order valence-electron chi connectivity index (χ1n) is 9.90. The maximum atomic E-state index is 12.9. The van der Waals surface area contributed by atoms with Crippen LogP contribution in [0, 0.1) is 0 Å². The zero-order valence-corrected chi connectivity index (χ0v) is 16.3. The Bertz CT molecular complexity index is 1140. The molecule has 0 fully saturated rings. The monoisotopic (exact) mass is 400 g/mol. The number of hydrogen-bond acceptors (Lipinski definition) is 6. The second kappa shape index (κ2) is 7.90. The first-order valence-corrected chi connectivity index (χ1v) is 9.90. The van der Waals surface area contributed by atoms with Crippen molar-refractivity contribution in [2.24, 2.45) is 0 Å². The molecule has 5 rings (SSSR count). The molecule has 2 aromatic carbocycles. The van der Waals surface area contributed by atoms with Crippen molar-refractivity contribution >= 4 is 5.91 Å². The summed E-state index contributed by atoms with van der Waals surface area (Å²) >= 11 is 0. The predicted molar refractivity (Wildman–Crippen MR) is 108 cm³/mol. The van der Waals surface area contributed by atoms with Gasteiger partial charge in [0.05, 0.1) is 12.2 Å². The van der Waals surface area contributed by atoms with Crippen LogP contribution in [0.1, 0.15) is 33.3 Å². The summed E-state index contributed by atoms with van der Waals surface area (Å²) in [6.45, 7) is 1.09. The lowest BCUT2D eigenvalue weighted by atomic mass is 10.1. The van der Waals surface area contributed by atoms with Crippen molar-refractivity contribution in [1.82, 2.24) is 30.1 Å². The van der Waals surface area contributed by atoms with E-state index in [4.69, 9.17) is 4.42 Å². The quantitative estimate of drug-likeness (QED) is 0.512. The fraction of sp³-hybridized carbons (Fsp3) is 0.227. The van der Waals surface area contributed by atoms with Gasteiger partial charge in [-0.05, 0) is 46.7 Å². The van der Waals surface area contributed by atoms with Crippen LogP contribution in [0.15, 0.2) is 65.3 Å². The van der Waals surface area contributed by atoms with Crippen molar-refractivity contribution in [2.45, 2.75) is 25.8 Å². The number of benzene rings is 2. The van der Waals surface area contributed by atoms with Crippen LogP contribution in [0.3, 0.4) is 0 Å². The van der Waals surface area contributed by atoms with Crippen LogP contribution in [0.2, 0.25) is 0 Å². The van der Waals surface area contributed by atoms with E-state index in [1.165, 1.54) is 11.9 Å². The Morgan fingerprint density at radius 3 is 2.63 bits per heavy atom. The van der Waals surface area contributed by atoms with Crippen molar-refractivity contribution in [3.05, 3.63) is 89.4 Å². The molecule has 0 saturated carbocycles. The van der Waals surface area contributed by atoms with Crippen LogP contribution in [0.25, 0.3) is 5.69 Å². The average Bonchev–Trinajstić information content (AvgIpc) is 3.47. The minimum Gasteiger partial charge on any atom is -0.445 e. The Kier molecular flexibility index (Phi) is 4.80. The van der Waals surface area contributed by atoms with Gasteiger partial charge < -0.3 is 9.32 Å². The zero-order valence-electron chi connectivity index (χ0n) is 16.3. The highest BCUT2D eigenvalue weighted by atomic mass is 16.4. The van der Waals surface area contributed by atoms with E-state index in [0.29, 0.717) is 25.1 Å². The van der Waals surface area contributed by atoms with Crippen LogP contribution >= 0.6 is 0 Å². The molecule has 0 saturated heterocycles. The third-order valence-corrected chi connectivity index (χ3v) is 5.26. The van der Waals surface area contributed by atoms with E-state index in [9.17, 15) is 4.79 Å². The Morgan fingerprint density at radius 2 is 1.87 bits per heavy atom. The van der Waals surface area contributed by atoms with Gasteiger partial charge in [-0.15, -0.1) is 5.10 Å². The summed E-state index contributed by atoms with van der Waals surface area (Å²) < 4.78 is 7.50. The van der Waals surface area contributed by atoms with Crippen molar-refractivity contribution in [3.8, 4) is 5.69 Å². The number of tetrazole rings is 1. The van der Waals surface area contributed by atoms with Crippen LogP contribution < -0.4 is 0 Å². The van der Waals surface area contributed by atoms with Crippen molar-refractivity contribution in [2.75, 3.05) is 6.54 Å². The molecule has 0 N–H and O–H groups in total. The minimum atomic E-state index is -0.0160. The van der Waals surface area contributed by atoms with Crippen LogP contribution in [0.5, 0.6) is 0 Å². The maximum Gasteiger partial charge on any atom is 0.254 e. The fourth-order valence-corrected chi connectivity index (χ4v) is 3.65. The van der Waals surface area contributed by atoms with E-state index < -0.39 is 0 Å². The number of carbonyl (C=O) groups excluding carboxylic acids is 1. The molecule has 0 spiro atoms. The number of hydrogen-bond donors (Lipinski definition) is 0. The highest BCUT2D eigenvalue weighted by Gasteiger charge is 2.26. The molecule has 3 heterocycles. The van der Waals surface area contributed by atoms with Gasteiger partial charge in [0.2, 0.25) is 0 Å². The van der Waals surface area contributed by atoms with Crippen molar-refractivity contribution < 1.29 is 9.21 Å². The molecule has 0 atom stereocenters. The third kappa shape index (κ3) is 3.71. The zero-order chi connectivity index (χ0) is 20.3. The molecule has 2 aromatic heterocycles. The van der Waals surface area contributed by atoms with Gasteiger partial charge in [-0.2, -0.15) is 0 Å². The Hall–Kier alpha value is -3.81. The SMILES string of the molecule is O=C(c1ccc(-n2cnnn2)cc1)N1CCc2oc(CCc3ccccc3)nc2C1. The maximum absolute atomic E-state index is 12.9. The fourth-order valence-electron chi connectivity index (χ4n) is 3.65. The highest BCUT2D eigenvalue weighted by molar-refractivity contribution is 5.94. The van der Waals surface area contributed by atoms with Gasteiger partial charge in [-0.1, -0.05) is 30.3 Å². The normalized spacial score (nSPS) is 13.3.